The molecule has 0 bridgehead atoms. The lowest BCUT2D eigenvalue weighted by atomic mass is 9.90. The van der Waals surface area contributed by atoms with Crippen molar-refractivity contribution < 1.29 is 9.26 Å². The Labute approximate surface area is 154 Å². The highest BCUT2D eigenvalue weighted by Gasteiger charge is 2.20. The van der Waals surface area contributed by atoms with Gasteiger partial charge in [-0.1, -0.05) is 24.9 Å². The van der Waals surface area contributed by atoms with Gasteiger partial charge in [0, 0.05) is 23.6 Å². The van der Waals surface area contributed by atoms with Crippen molar-refractivity contribution >= 4 is 10.9 Å². The molecule has 0 aliphatic heterocycles. The maximum atomic E-state index is 5.78. The number of hydrogen-bond acceptors (Lipinski definition) is 4. The quantitative estimate of drug-likeness (QED) is 0.632. The Morgan fingerprint density at radius 3 is 2.69 bits per heavy atom. The van der Waals surface area contributed by atoms with Crippen LogP contribution in [0.15, 0.2) is 22.9 Å². The zero-order valence-electron chi connectivity index (χ0n) is 15.9. The van der Waals surface area contributed by atoms with Crippen LogP contribution < -0.4 is 4.74 Å². The minimum absolute atomic E-state index is 0.801. The molecule has 0 N–H and O–H groups in total. The van der Waals surface area contributed by atoms with Crippen LogP contribution in [0.2, 0.25) is 0 Å². The second-order valence-corrected chi connectivity index (χ2v) is 7.17. The van der Waals surface area contributed by atoms with E-state index in [4.69, 9.17) is 14.2 Å². The SMILES string of the molecule is CCc1onc(C)c1-c1cc2ncc3c(c2cc1OC)CCCCCC3. The van der Waals surface area contributed by atoms with E-state index < -0.39 is 0 Å². The number of benzene rings is 1. The molecule has 0 fully saturated rings. The van der Waals surface area contributed by atoms with Gasteiger partial charge in [0.25, 0.3) is 0 Å². The minimum Gasteiger partial charge on any atom is -0.496 e. The van der Waals surface area contributed by atoms with E-state index in [0.717, 1.165) is 53.1 Å². The van der Waals surface area contributed by atoms with Gasteiger partial charge in [-0.3, -0.25) is 4.98 Å². The van der Waals surface area contributed by atoms with Gasteiger partial charge >= 0.3 is 0 Å². The standard InChI is InChI=1S/C22H26N2O2/c1-4-20-22(14(2)24-26-20)18-11-19-17(12-21(18)25-3)16-10-8-6-5-7-9-15(16)13-23-19/h11-13H,4-10H2,1-3H3. The van der Waals surface area contributed by atoms with Crippen LogP contribution in [0.5, 0.6) is 5.75 Å². The molecule has 3 aromatic rings. The fourth-order valence-corrected chi connectivity index (χ4v) is 4.16. The van der Waals surface area contributed by atoms with Crippen molar-refractivity contribution in [2.45, 2.75) is 58.8 Å². The van der Waals surface area contributed by atoms with Crippen molar-refractivity contribution in [3.63, 3.8) is 0 Å². The first-order chi connectivity index (χ1) is 12.7. The Morgan fingerprint density at radius 2 is 1.92 bits per heavy atom. The zero-order valence-corrected chi connectivity index (χ0v) is 15.9. The highest BCUT2D eigenvalue weighted by Crippen LogP contribution is 2.39. The van der Waals surface area contributed by atoms with Crippen molar-refractivity contribution in [2.75, 3.05) is 7.11 Å². The third kappa shape index (κ3) is 2.87. The van der Waals surface area contributed by atoms with E-state index in [1.165, 1.54) is 42.2 Å². The fraction of sp³-hybridized carbons (Fsp3) is 0.455. The van der Waals surface area contributed by atoms with E-state index in [2.05, 4.69) is 30.4 Å². The molecule has 0 spiro atoms. The Morgan fingerprint density at radius 1 is 1.12 bits per heavy atom. The molecule has 4 rings (SSSR count). The van der Waals surface area contributed by atoms with Gasteiger partial charge in [-0.15, -0.1) is 0 Å². The molecule has 0 saturated carbocycles. The first-order valence-electron chi connectivity index (χ1n) is 9.67. The van der Waals surface area contributed by atoms with Crippen LogP contribution in [0.3, 0.4) is 0 Å². The molecule has 136 valence electrons. The van der Waals surface area contributed by atoms with Crippen LogP contribution in [-0.2, 0) is 19.3 Å². The van der Waals surface area contributed by atoms with E-state index in [-0.39, 0.29) is 0 Å². The highest BCUT2D eigenvalue weighted by molar-refractivity contribution is 5.91. The second kappa shape index (κ2) is 7.10. The number of rotatable bonds is 3. The topological polar surface area (TPSA) is 48.2 Å². The molecule has 0 amide bonds. The van der Waals surface area contributed by atoms with Gasteiger partial charge in [-0.2, -0.15) is 0 Å². The lowest BCUT2D eigenvalue weighted by Gasteiger charge is -2.17. The summed E-state index contributed by atoms with van der Waals surface area (Å²) in [5.74, 6) is 1.77. The summed E-state index contributed by atoms with van der Waals surface area (Å²) < 4.78 is 11.3. The molecule has 0 radical (unpaired) electrons. The lowest BCUT2D eigenvalue weighted by molar-refractivity contribution is 0.383. The van der Waals surface area contributed by atoms with Crippen LogP contribution >= 0.6 is 0 Å². The van der Waals surface area contributed by atoms with E-state index in [1.807, 2.05) is 6.92 Å². The van der Waals surface area contributed by atoms with Crippen molar-refractivity contribution in [1.82, 2.24) is 10.1 Å². The Balaban J connectivity index is 1.94. The minimum atomic E-state index is 0.801. The summed E-state index contributed by atoms with van der Waals surface area (Å²) in [7, 11) is 1.74. The van der Waals surface area contributed by atoms with Gasteiger partial charge in [0.2, 0.25) is 0 Å². The van der Waals surface area contributed by atoms with Gasteiger partial charge < -0.3 is 9.26 Å². The number of methoxy groups -OCH3 is 1. The van der Waals surface area contributed by atoms with Crippen LogP contribution in [-0.4, -0.2) is 17.3 Å². The predicted octanol–water partition coefficient (Wildman–Crippen LogP) is 5.43. The number of pyridine rings is 1. The molecular formula is C22H26N2O2. The Kier molecular flexibility index (Phi) is 4.66. The average Bonchev–Trinajstić information content (AvgIpc) is 3.01. The summed E-state index contributed by atoms with van der Waals surface area (Å²) in [5, 5.41) is 5.39. The Bertz CT molecular complexity index is 943. The fourth-order valence-electron chi connectivity index (χ4n) is 4.16. The molecule has 0 atom stereocenters. The number of aryl methyl sites for hydroxylation is 4. The largest absolute Gasteiger partial charge is 0.496 e. The van der Waals surface area contributed by atoms with Crippen LogP contribution in [0.25, 0.3) is 22.0 Å². The molecule has 1 aromatic carbocycles. The first-order valence-corrected chi connectivity index (χ1v) is 9.67. The molecule has 2 heterocycles. The predicted molar refractivity (Wildman–Crippen MR) is 104 cm³/mol. The van der Waals surface area contributed by atoms with Gasteiger partial charge in [0.1, 0.15) is 11.5 Å². The van der Waals surface area contributed by atoms with Crippen LogP contribution in [0.4, 0.5) is 0 Å². The van der Waals surface area contributed by atoms with E-state index >= 15 is 0 Å². The summed E-state index contributed by atoms with van der Waals surface area (Å²) in [4.78, 5) is 4.79. The van der Waals surface area contributed by atoms with E-state index in [1.54, 1.807) is 7.11 Å². The highest BCUT2D eigenvalue weighted by atomic mass is 16.5. The van der Waals surface area contributed by atoms with E-state index in [9.17, 15) is 0 Å². The summed E-state index contributed by atoms with van der Waals surface area (Å²) >= 11 is 0. The monoisotopic (exact) mass is 350 g/mol. The normalized spacial score (nSPS) is 14.7. The number of hydrogen-bond donors (Lipinski definition) is 0. The number of aromatic nitrogens is 2. The van der Waals surface area contributed by atoms with Crippen molar-refractivity contribution in [2.24, 2.45) is 0 Å². The van der Waals surface area contributed by atoms with Gasteiger partial charge in [-0.25, -0.2) is 0 Å². The van der Waals surface area contributed by atoms with Crippen molar-refractivity contribution in [1.29, 1.82) is 0 Å². The first kappa shape index (κ1) is 17.1. The third-order valence-corrected chi connectivity index (χ3v) is 5.54. The molecule has 2 aromatic heterocycles. The maximum Gasteiger partial charge on any atom is 0.144 e. The van der Waals surface area contributed by atoms with Crippen molar-refractivity contribution in [3.8, 4) is 16.9 Å². The lowest BCUT2D eigenvalue weighted by Crippen LogP contribution is -2.03. The summed E-state index contributed by atoms with van der Waals surface area (Å²) in [6.07, 6.45) is 10.3. The molecule has 0 unspecified atom stereocenters. The third-order valence-electron chi connectivity index (χ3n) is 5.54. The number of nitrogens with zero attached hydrogens (tertiary/aromatic N) is 2. The molecule has 1 aliphatic carbocycles. The number of fused-ring (bicyclic) bond motifs is 3. The average molecular weight is 350 g/mol. The van der Waals surface area contributed by atoms with Crippen LogP contribution in [0.1, 0.15) is 55.2 Å². The second-order valence-electron chi connectivity index (χ2n) is 7.17. The number of ether oxygens (including phenoxy) is 1. The van der Waals surface area contributed by atoms with Gasteiger partial charge in [-0.05, 0) is 55.9 Å². The van der Waals surface area contributed by atoms with Gasteiger partial charge in [0.15, 0.2) is 0 Å². The molecule has 26 heavy (non-hydrogen) atoms. The molecular weight excluding hydrogens is 324 g/mol. The molecule has 4 nitrogen and oxygen atoms in total. The summed E-state index contributed by atoms with van der Waals surface area (Å²) in [6.45, 7) is 4.06. The van der Waals surface area contributed by atoms with Gasteiger partial charge in [0.05, 0.1) is 23.9 Å². The molecule has 1 aliphatic rings. The molecule has 4 heteroatoms. The summed E-state index contributed by atoms with van der Waals surface area (Å²) in [6, 6.07) is 4.32. The zero-order chi connectivity index (χ0) is 18.1. The molecule has 0 saturated heterocycles. The van der Waals surface area contributed by atoms with Crippen molar-refractivity contribution in [3.05, 3.63) is 40.9 Å². The summed E-state index contributed by atoms with van der Waals surface area (Å²) in [5.41, 5.74) is 6.85. The van der Waals surface area contributed by atoms with Crippen LogP contribution in [0, 0.1) is 6.92 Å². The smallest absolute Gasteiger partial charge is 0.144 e. The van der Waals surface area contributed by atoms with E-state index in [0.29, 0.717) is 0 Å². The maximum absolute atomic E-state index is 5.78. The Hall–Kier alpha value is -2.36.